The fourth-order valence-electron chi connectivity index (χ4n) is 3.12. The highest BCUT2D eigenvalue weighted by molar-refractivity contribution is 5.98. The molecule has 0 amide bonds. The molecule has 0 radical (unpaired) electrons. The van der Waals surface area contributed by atoms with Crippen LogP contribution in [0.2, 0.25) is 0 Å². The number of fused-ring (bicyclic) bond motifs is 2. The standard InChI is InChI=1S/C15H14O7/c1-5-3-7(16)21-13-9(5)11(15(19)20)10-6(2)4-8(17)22-14(10)12(13)18/h5-6,18H,3-4H2,1-2H3,(H,19,20). The maximum absolute atomic E-state index is 11.7. The van der Waals surface area contributed by atoms with E-state index in [-0.39, 0.29) is 41.0 Å². The minimum atomic E-state index is -1.21. The van der Waals surface area contributed by atoms with E-state index in [0.29, 0.717) is 0 Å². The molecule has 0 spiro atoms. The van der Waals surface area contributed by atoms with Crippen LogP contribution in [0.5, 0.6) is 17.2 Å². The highest BCUT2D eigenvalue weighted by Gasteiger charge is 2.40. The first kappa shape index (κ1) is 14.4. The van der Waals surface area contributed by atoms with E-state index in [1.165, 1.54) is 0 Å². The molecule has 7 nitrogen and oxygen atoms in total. The minimum absolute atomic E-state index is 0.0275. The molecular formula is C15H14O7. The number of carboxylic acid groups (broad SMARTS) is 1. The summed E-state index contributed by atoms with van der Waals surface area (Å²) in [7, 11) is 0. The SMILES string of the molecule is CC1CC(=O)Oc2c(O)c3c(c(C(=O)O)c21)C(C)CC(=O)O3. The summed E-state index contributed by atoms with van der Waals surface area (Å²) in [5.41, 5.74) is 0.490. The second kappa shape index (κ2) is 4.72. The van der Waals surface area contributed by atoms with E-state index < -0.39 is 35.5 Å². The van der Waals surface area contributed by atoms with Crippen molar-refractivity contribution >= 4 is 17.9 Å². The molecule has 3 rings (SSSR count). The molecule has 2 N–H and O–H groups in total. The van der Waals surface area contributed by atoms with E-state index in [1.807, 2.05) is 0 Å². The third-order valence-corrected chi connectivity index (χ3v) is 4.04. The van der Waals surface area contributed by atoms with Gasteiger partial charge in [-0.2, -0.15) is 0 Å². The minimum Gasteiger partial charge on any atom is -0.502 e. The first-order valence-electron chi connectivity index (χ1n) is 6.88. The van der Waals surface area contributed by atoms with Crippen LogP contribution in [0.1, 0.15) is 60.0 Å². The van der Waals surface area contributed by atoms with Crippen molar-refractivity contribution < 1.29 is 34.1 Å². The van der Waals surface area contributed by atoms with Gasteiger partial charge in [-0.15, -0.1) is 0 Å². The zero-order valence-electron chi connectivity index (χ0n) is 12.0. The van der Waals surface area contributed by atoms with Gasteiger partial charge in [0.15, 0.2) is 11.5 Å². The number of carbonyl (C=O) groups excluding carboxylic acids is 2. The van der Waals surface area contributed by atoms with Crippen molar-refractivity contribution in [1.29, 1.82) is 0 Å². The molecule has 0 saturated heterocycles. The lowest BCUT2D eigenvalue weighted by atomic mass is 9.81. The highest BCUT2D eigenvalue weighted by Crippen LogP contribution is 2.53. The summed E-state index contributed by atoms with van der Waals surface area (Å²) < 4.78 is 10.0. The van der Waals surface area contributed by atoms with E-state index >= 15 is 0 Å². The predicted molar refractivity (Wildman–Crippen MR) is 72.4 cm³/mol. The highest BCUT2D eigenvalue weighted by atomic mass is 16.6. The molecule has 7 heteroatoms. The third kappa shape index (κ3) is 1.93. The van der Waals surface area contributed by atoms with E-state index in [2.05, 4.69) is 0 Å². The Hall–Kier alpha value is -2.57. The maximum Gasteiger partial charge on any atom is 0.336 e. The number of rotatable bonds is 1. The number of ether oxygens (including phenoxy) is 2. The van der Waals surface area contributed by atoms with Gasteiger partial charge in [0.2, 0.25) is 5.75 Å². The molecule has 1 aromatic rings. The van der Waals surface area contributed by atoms with Crippen molar-refractivity contribution in [2.24, 2.45) is 0 Å². The van der Waals surface area contributed by atoms with Gasteiger partial charge in [0.05, 0.1) is 18.4 Å². The van der Waals surface area contributed by atoms with Crippen LogP contribution in [0.3, 0.4) is 0 Å². The summed E-state index contributed by atoms with van der Waals surface area (Å²) in [5.74, 6) is -4.10. The fraction of sp³-hybridized carbons (Fsp3) is 0.400. The van der Waals surface area contributed by atoms with Crippen LogP contribution in [0, 0.1) is 0 Å². The van der Waals surface area contributed by atoms with Crippen molar-refractivity contribution in [1.82, 2.24) is 0 Å². The topological polar surface area (TPSA) is 110 Å². The number of benzene rings is 1. The lowest BCUT2D eigenvalue weighted by molar-refractivity contribution is -0.136. The molecular weight excluding hydrogens is 292 g/mol. The van der Waals surface area contributed by atoms with Crippen LogP contribution in [0.25, 0.3) is 0 Å². The average Bonchev–Trinajstić information content (AvgIpc) is 2.40. The summed E-state index contributed by atoms with van der Waals surface area (Å²) >= 11 is 0. The molecule has 2 aliphatic rings. The van der Waals surface area contributed by atoms with Gasteiger partial charge in [-0.1, -0.05) is 13.8 Å². The number of aromatic hydroxyl groups is 1. The van der Waals surface area contributed by atoms with Crippen molar-refractivity contribution in [2.75, 3.05) is 0 Å². The number of aromatic carboxylic acids is 1. The van der Waals surface area contributed by atoms with Gasteiger partial charge in [-0.05, 0) is 11.8 Å². The van der Waals surface area contributed by atoms with Crippen molar-refractivity contribution in [3.63, 3.8) is 0 Å². The Morgan fingerprint density at radius 1 is 1.00 bits per heavy atom. The molecule has 1 aromatic carbocycles. The molecule has 0 aromatic heterocycles. The number of phenolic OH excluding ortho intramolecular Hbond substituents is 1. The third-order valence-electron chi connectivity index (χ3n) is 4.04. The van der Waals surface area contributed by atoms with Crippen LogP contribution in [-0.4, -0.2) is 28.1 Å². The number of carboxylic acids is 1. The molecule has 0 aliphatic carbocycles. The molecule has 22 heavy (non-hydrogen) atoms. The molecule has 0 bridgehead atoms. The summed E-state index contributed by atoms with van der Waals surface area (Å²) in [6.07, 6.45) is 0.0549. The van der Waals surface area contributed by atoms with Gasteiger partial charge in [-0.25, -0.2) is 4.79 Å². The molecule has 116 valence electrons. The van der Waals surface area contributed by atoms with Crippen molar-refractivity contribution in [3.05, 3.63) is 16.7 Å². The molecule has 0 saturated carbocycles. The van der Waals surface area contributed by atoms with Crippen LogP contribution >= 0.6 is 0 Å². The monoisotopic (exact) mass is 306 g/mol. The van der Waals surface area contributed by atoms with E-state index in [1.54, 1.807) is 13.8 Å². The van der Waals surface area contributed by atoms with Crippen LogP contribution in [0.4, 0.5) is 0 Å². The molecule has 2 atom stereocenters. The fourth-order valence-corrected chi connectivity index (χ4v) is 3.12. The number of hydrogen-bond acceptors (Lipinski definition) is 6. The number of esters is 2. The Bertz CT molecular complexity index is 668. The Labute approximate surface area is 125 Å². The van der Waals surface area contributed by atoms with Gasteiger partial charge < -0.3 is 19.7 Å². The van der Waals surface area contributed by atoms with E-state index in [0.717, 1.165) is 0 Å². The Kier molecular flexibility index (Phi) is 3.09. The van der Waals surface area contributed by atoms with Crippen LogP contribution in [0.15, 0.2) is 0 Å². The lowest BCUT2D eigenvalue weighted by Crippen LogP contribution is -2.27. The zero-order valence-corrected chi connectivity index (χ0v) is 12.0. The maximum atomic E-state index is 11.7. The van der Waals surface area contributed by atoms with Crippen LogP contribution < -0.4 is 9.47 Å². The van der Waals surface area contributed by atoms with Gasteiger partial charge >= 0.3 is 17.9 Å². The average molecular weight is 306 g/mol. The second-order valence-electron chi connectivity index (χ2n) is 5.67. The molecule has 2 unspecified atom stereocenters. The van der Waals surface area contributed by atoms with Gasteiger partial charge in [0, 0.05) is 11.1 Å². The normalized spacial score (nSPS) is 23.2. The van der Waals surface area contributed by atoms with E-state index in [9.17, 15) is 24.6 Å². The van der Waals surface area contributed by atoms with E-state index in [4.69, 9.17) is 9.47 Å². The van der Waals surface area contributed by atoms with Gasteiger partial charge in [0.25, 0.3) is 0 Å². The second-order valence-corrected chi connectivity index (χ2v) is 5.67. The molecule has 0 fully saturated rings. The summed E-state index contributed by atoms with van der Waals surface area (Å²) in [4.78, 5) is 34.9. The van der Waals surface area contributed by atoms with Gasteiger partial charge in [0.1, 0.15) is 0 Å². The van der Waals surface area contributed by atoms with Crippen molar-refractivity contribution in [2.45, 2.75) is 38.5 Å². The Balaban J connectivity index is 2.40. The van der Waals surface area contributed by atoms with Crippen LogP contribution in [-0.2, 0) is 9.59 Å². The largest absolute Gasteiger partial charge is 0.502 e. The molecule has 2 aliphatic heterocycles. The summed E-state index contributed by atoms with van der Waals surface area (Å²) in [5, 5.41) is 19.9. The van der Waals surface area contributed by atoms with Crippen molar-refractivity contribution in [3.8, 4) is 17.2 Å². The number of hydrogen-bond donors (Lipinski definition) is 2. The predicted octanol–water partition coefficient (Wildman–Crippen LogP) is 1.92. The molecule has 2 heterocycles. The number of carbonyl (C=O) groups is 3. The smallest absolute Gasteiger partial charge is 0.336 e. The Morgan fingerprint density at radius 2 is 1.41 bits per heavy atom. The number of phenols is 1. The summed E-state index contributed by atoms with van der Waals surface area (Å²) in [6, 6.07) is 0. The lowest BCUT2D eigenvalue weighted by Gasteiger charge is -2.30. The quantitative estimate of drug-likeness (QED) is 0.602. The Morgan fingerprint density at radius 3 is 1.77 bits per heavy atom. The summed E-state index contributed by atoms with van der Waals surface area (Å²) in [6.45, 7) is 3.38. The first-order valence-corrected chi connectivity index (χ1v) is 6.88. The zero-order chi connectivity index (χ0) is 16.2. The first-order chi connectivity index (χ1) is 10.3. The van der Waals surface area contributed by atoms with Gasteiger partial charge in [-0.3, -0.25) is 9.59 Å².